The Morgan fingerprint density at radius 3 is 2.63 bits per heavy atom. The van der Waals surface area contributed by atoms with E-state index < -0.39 is 5.60 Å². The first-order valence-corrected chi connectivity index (χ1v) is 13.7. The van der Waals surface area contributed by atoms with E-state index in [0.29, 0.717) is 60.3 Å². The number of aromatic nitrogens is 4. The first kappa shape index (κ1) is 23.2. The number of likely N-dealkylation sites (tertiary alicyclic amines) is 1. The van der Waals surface area contributed by atoms with Gasteiger partial charge in [0.2, 0.25) is 0 Å². The van der Waals surface area contributed by atoms with Gasteiger partial charge in [0, 0.05) is 47.2 Å². The molecule has 0 saturated carbocycles. The van der Waals surface area contributed by atoms with Crippen molar-refractivity contribution in [2.75, 3.05) is 13.1 Å². The van der Waals surface area contributed by atoms with Gasteiger partial charge in [-0.15, -0.1) is 16.9 Å². The maximum atomic E-state index is 13.3. The number of carbonyl (C=O) groups excluding carboxylic acids is 2. The minimum atomic E-state index is -0.575. The average molecular weight is 524 g/mol. The van der Waals surface area contributed by atoms with Crippen LogP contribution in [-0.4, -0.2) is 55.9 Å². The molecule has 0 radical (unpaired) electrons. The van der Waals surface area contributed by atoms with Crippen molar-refractivity contribution < 1.29 is 14.3 Å². The number of hydrogen-bond acceptors (Lipinski definition) is 7. The smallest absolute Gasteiger partial charge is 0.253 e. The zero-order valence-corrected chi connectivity index (χ0v) is 21.4. The molecule has 7 rings (SSSR count). The van der Waals surface area contributed by atoms with E-state index in [1.807, 2.05) is 40.9 Å². The number of H-pyrrole nitrogens is 1. The first-order valence-electron chi connectivity index (χ1n) is 12.8. The summed E-state index contributed by atoms with van der Waals surface area (Å²) in [6.45, 7) is 1.11. The third kappa shape index (κ3) is 4.07. The molecule has 4 heterocycles. The third-order valence-electron chi connectivity index (χ3n) is 7.85. The van der Waals surface area contributed by atoms with Gasteiger partial charge in [0.15, 0.2) is 11.6 Å². The Morgan fingerprint density at radius 2 is 1.87 bits per heavy atom. The van der Waals surface area contributed by atoms with Crippen molar-refractivity contribution in [3.8, 4) is 17.1 Å². The van der Waals surface area contributed by atoms with Crippen LogP contribution in [0.1, 0.15) is 56.4 Å². The number of ether oxygens (including phenoxy) is 1. The molecule has 0 bridgehead atoms. The van der Waals surface area contributed by atoms with Gasteiger partial charge < -0.3 is 9.64 Å². The molecule has 1 fully saturated rings. The number of amides is 1. The molecule has 8 nitrogen and oxygen atoms in total. The molecule has 38 heavy (non-hydrogen) atoms. The summed E-state index contributed by atoms with van der Waals surface area (Å²) in [6.07, 6.45) is 2.55. The van der Waals surface area contributed by atoms with Crippen LogP contribution in [0.3, 0.4) is 0 Å². The summed E-state index contributed by atoms with van der Waals surface area (Å²) in [5, 5.41) is 14.2. The number of nitrogens with zero attached hydrogens (tertiary/aromatic N) is 4. The van der Waals surface area contributed by atoms with Crippen LogP contribution >= 0.6 is 11.8 Å². The van der Waals surface area contributed by atoms with Crippen LogP contribution in [0.2, 0.25) is 0 Å². The predicted octanol–water partition coefficient (Wildman–Crippen LogP) is 4.90. The van der Waals surface area contributed by atoms with Crippen molar-refractivity contribution in [1.29, 1.82) is 0 Å². The van der Waals surface area contributed by atoms with Crippen molar-refractivity contribution in [3.63, 3.8) is 0 Å². The highest BCUT2D eigenvalue weighted by Crippen LogP contribution is 2.46. The Kier molecular flexibility index (Phi) is 5.54. The minimum Gasteiger partial charge on any atom is -0.486 e. The monoisotopic (exact) mass is 523 g/mol. The lowest BCUT2D eigenvalue weighted by Gasteiger charge is -2.44. The minimum absolute atomic E-state index is 0.0293. The molecule has 3 aliphatic rings. The number of carbonyl (C=O) groups is 2. The number of Topliss-reactive ketones (excluding diaryl/α,β-unsaturated/α-hetero) is 1. The number of rotatable bonds is 3. The number of thioether (sulfide) groups is 1. The van der Waals surface area contributed by atoms with E-state index >= 15 is 0 Å². The normalized spacial score (nSPS) is 19.6. The highest BCUT2D eigenvalue weighted by Gasteiger charge is 2.44. The summed E-state index contributed by atoms with van der Waals surface area (Å²) < 4.78 is 6.41. The second-order valence-corrected chi connectivity index (χ2v) is 11.4. The molecule has 1 unspecified atom stereocenters. The number of hydrogen-bond donors (Lipinski definition) is 1. The molecule has 1 atom stereocenters. The zero-order chi connectivity index (χ0) is 25.7. The number of nitrogens with one attached hydrogen (secondary N) is 1. The van der Waals surface area contributed by atoms with Crippen LogP contribution in [0.5, 0.6) is 5.75 Å². The van der Waals surface area contributed by atoms with Crippen LogP contribution in [0.25, 0.3) is 11.4 Å². The molecule has 9 heteroatoms. The molecule has 190 valence electrons. The number of ketones is 1. The van der Waals surface area contributed by atoms with Crippen LogP contribution in [0.4, 0.5) is 0 Å². The molecule has 1 aromatic heterocycles. The van der Waals surface area contributed by atoms with Crippen LogP contribution in [-0.2, 0) is 6.42 Å². The van der Waals surface area contributed by atoms with Crippen molar-refractivity contribution in [2.45, 2.75) is 41.4 Å². The van der Waals surface area contributed by atoms with Crippen molar-refractivity contribution in [1.82, 2.24) is 25.5 Å². The van der Waals surface area contributed by atoms with Gasteiger partial charge in [0.1, 0.15) is 11.4 Å². The Morgan fingerprint density at radius 1 is 1.05 bits per heavy atom. The lowest BCUT2D eigenvalue weighted by atomic mass is 9.82. The standard InChI is InChI=1S/C29H25N5O3S/c35-23-17-29(37-24-10-9-21(15-22(23)24)27-30-32-33-31-27)11-13-34(14-12-29)28(36)19-7-5-18(6-8-19)26-16-20-3-1-2-4-25(20)38-26/h1-10,15,26H,11-14,16-17H2,(H,30,31,32,33). The zero-order valence-electron chi connectivity index (χ0n) is 20.6. The topological polar surface area (TPSA) is 101 Å². The van der Waals surface area contributed by atoms with Gasteiger partial charge in [-0.1, -0.05) is 30.3 Å². The summed E-state index contributed by atoms with van der Waals surface area (Å²) in [5.41, 5.74) is 4.05. The highest BCUT2D eigenvalue weighted by atomic mass is 32.2. The van der Waals surface area contributed by atoms with Crippen LogP contribution in [0, 0.1) is 0 Å². The fraction of sp³-hybridized carbons (Fsp3) is 0.276. The van der Waals surface area contributed by atoms with E-state index in [9.17, 15) is 9.59 Å². The Bertz CT molecular complexity index is 1500. The molecular formula is C29H25N5O3S. The lowest BCUT2D eigenvalue weighted by Crippen LogP contribution is -2.52. The van der Waals surface area contributed by atoms with Gasteiger partial charge in [-0.05, 0) is 64.4 Å². The summed E-state index contributed by atoms with van der Waals surface area (Å²) in [5.74, 6) is 1.16. The fourth-order valence-corrected chi connectivity index (χ4v) is 7.03. The maximum Gasteiger partial charge on any atom is 0.253 e. The van der Waals surface area contributed by atoms with Crippen molar-refractivity contribution >= 4 is 23.5 Å². The van der Waals surface area contributed by atoms with E-state index in [0.717, 1.165) is 12.0 Å². The molecule has 3 aliphatic heterocycles. The van der Waals surface area contributed by atoms with Crippen LogP contribution < -0.4 is 4.74 Å². The summed E-state index contributed by atoms with van der Waals surface area (Å²) in [4.78, 5) is 29.6. The largest absolute Gasteiger partial charge is 0.486 e. The van der Waals surface area contributed by atoms with E-state index in [4.69, 9.17) is 4.74 Å². The second kappa shape index (κ2) is 9.09. The van der Waals surface area contributed by atoms with Crippen molar-refractivity contribution in [2.24, 2.45) is 0 Å². The quantitative estimate of drug-likeness (QED) is 0.408. The Hall–Kier alpha value is -3.98. The molecule has 1 amide bonds. The molecule has 3 aromatic carbocycles. The lowest BCUT2D eigenvalue weighted by molar-refractivity contribution is -0.00569. The van der Waals surface area contributed by atoms with E-state index in [1.165, 1.54) is 16.0 Å². The molecule has 1 N–H and O–H groups in total. The number of benzene rings is 3. The van der Waals surface area contributed by atoms with E-state index in [1.54, 1.807) is 6.07 Å². The first-order chi connectivity index (χ1) is 18.6. The fourth-order valence-electron chi connectivity index (χ4n) is 5.71. The maximum absolute atomic E-state index is 13.3. The highest BCUT2D eigenvalue weighted by molar-refractivity contribution is 7.99. The third-order valence-corrected chi connectivity index (χ3v) is 9.22. The Labute approximate surface area is 223 Å². The summed E-state index contributed by atoms with van der Waals surface area (Å²) in [7, 11) is 0. The van der Waals surface area contributed by atoms with Gasteiger partial charge in [-0.2, -0.15) is 0 Å². The average Bonchev–Trinajstić information content (AvgIpc) is 3.64. The summed E-state index contributed by atoms with van der Waals surface area (Å²) >= 11 is 1.89. The van der Waals surface area contributed by atoms with Crippen LogP contribution in [0.15, 0.2) is 71.6 Å². The predicted molar refractivity (Wildman–Crippen MR) is 142 cm³/mol. The van der Waals surface area contributed by atoms with Crippen molar-refractivity contribution in [3.05, 3.63) is 89.0 Å². The van der Waals surface area contributed by atoms with Gasteiger partial charge in [-0.3, -0.25) is 9.59 Å². The molecule has 0 aliphatic carbocycles. The van der Waals surface area contributed by atoms with Gasteiger partial charge in [0.05, 0.1) is 12.0 Å². The van der Waals surface area contributed by atoms with Gasteiger partial charge in [-0.25, -0.2) is 5.10 Å². The van der Waals surface area contributed by atoms with Gasteiger partial charge in [0.25, 0.3) is 5.91 Å². The molecule has 1 spiro atoms. The number of piperidine rings is 1. The number of fused-ring (bicyclic) bond motifs is 2. The SMILES string of the molecule is O=C1CC2(CCN(C(=O)c3ccc(C4Cc5ccccc5S4)cc3)CC2)Oc2ccc(-c3nnn[nH]3)cc21. The molecule has 4 aromatic rings. The molecule has 1 saturated heterocycles. The molecular weight excluding hydrogens is 498 g/mol. The van der Waals surface area contributed by atoms with Gasteiger partial charge >= 0.3 is 0 Å². The van der Waals surface area contributed by atoms with E-state index in [2.05, 4.69) is 57.0 Å². The second-order valence-electron chi connectivity index (χ2n) is 10.2. The van der Waals surface area contributed by atoms with E-state index in [-0.39, 0.29) is 11.7 Å². The summed E-state index contributed by atoms with van der Waals surface area (Å²) in [6, 6.07) is 22.1. The number of tetrazole rings is 1. The number of aromatic amines is 1. The Balaban J connectivity index is 1.01.